The molecular formula is C17H26N2O. The molecule has 0 bridgehead atoms. The maximum atomic E-state index is 5.98. The highest BCUT2D eigenvalue weighted by Gasteiger charge is 2.16. The minimum Gasteiger partial charge on any atom is -0.493 e. The quantitative estimate of drug-likeness (QED) is 0.913. The highest BCUT2D eigenvalue weighted by molar-refractivity contribution is 5.56. The maximum absolute atomic E-state index is 5.98. The lowest BCUT2D eigenvalue weighted by Crippen LogP contribution is -2.43. The number of hydrogen-bond acceptors (Lipinski definition) is 3. The van der Waals surface area contributed by atoms with Crippen LogP contribution in [0.5, 0.6) is 5.75 Å². The Balaban J connectivity index is 1.60. The Kier molecular flexibility index (Phi) is 4.46. The first-order valence-corrected chi connectivity index (χ1v) is 8.02. The van der Waals surface area contributed by atoms with Crippen molar-refractivity contribution in [3.63, 3.8) is 0 Å². The number of piperazine rings is 1. The van der Waals surface area contributed by atoms with Crippen LogP contribution in [0.3, 0.4) is 0 Å². The molecular weight excluding hydrogens is 248 g/mol. The van der Waals surface area contributed by atoms with Gasteiger partial charge in [-0.25, -0.2) is 0 Å². The van der Waals surface area contributed by atoms with Crippen molar-refractivity contribution >= 4 is 5.69 Å². The van der Waals surface area contributed by atoms with E-state index in [1.54, 1.807) is 0 Å². The third kappa shape index (κ3) is 3.26. The van der Waals surface area contributed by atoms with Crippen LogP contribution in [0.25, 0.3) is 0 Å². The van der Waals surface area contributed by atoms with Crippen LogP contribution in [0.4, 0.5) is 5.69 Å². The van der Waals surface area contributed by atoms with E-state index in [0.29, 0.717) is 0 Å². The summed E-state index contributed by atoms with van der Waals surface area (Å²) < 4.78 is 5.98. The van der Waals surface area contributed by atoms with Crippen molar-refractivity contribution in [1.82, 2.24) is 5.32 Å². The van der Waals surface area contributed by atoms with Crippen LogP contribution in [0.15, 0.2) is 18.2 Å². The Morgan fingerprint density at radius 1 is 1.20 bits per heavy atom. The number of benzene rings is 1. The third-order valence-electron chi connectivity index (χ3n) is 4.59. The predicted octanol–water partition coefficient (Wildman–Crippen LogP) is 2.97. The molecule has 1 aliphatic carbocycles. The molecule has 3 heteroatoms. The van der Waals surface area contributed by atoms with E-state index in [1.807, 2.05) is 0 Å². The molecule has 0 aromatic heterocycles. The molecule has 3 nitrogen and oxygen atoms in total. The van der Waals surface area contributed by atoms with E-state index in [-0.39, 0.29) is 0 Å². The summed E-state index contributed by atoms with van der Waals surface area (Å²) in [6, 6.07) is 6.57. The zero-order valence-corrected chi connectivity index (χ0v) is 12.5. The lowest BCUT2D eigenvalue weighted by Gasteiger charge is -2.30. The molecule has 0 radical (unpaired) electrons. The number of nitrogens with one attached hydrogen (secondary N) is 1. The first-order valence-electron chi connectivity index (χ1n) is 8.02. The summed E-state index contributed by atoms with van der Waals surface area (Å²) in [6.45, 7) is 7.46. The monoisotopic (exact) mass is 274 g/mol. The molecule has 1 aromatic carbocycles. The molecule has 1 saturated carbocycles. The van der Waals surface area contributed by atoms with Crippen molar-refractivity contribution in [2.24, 2.45) is 5.92 Å². The van der Waals surface area contributed by atoms with Gasteiger partial charge in [0.05, 0.1) is 6.61 Å². The molecule has 110 valence electrons. The van der Waals surface area contributed by atoms with Crippen molar-refractivity contribution in [3.05, 3.63) is 23.8 Å². The summed E-state index contributed by atoms with van der Waals surface area (Å²) in [7, 11) is 0. The summed E-state index contributed by atoms with van der Waals surface area (Å²) in [6.07, 6.45) is 5.46. The van der Waals surface area contributed by atoms with E-state index in [2.05, 4.69) is 35.3 Å². The minimum absolute atomic E-state index is 0.781. The largest absolute Gasteiger partial charge is 0.493 e. The molecule has 0 unspecified atom stereocenters. The topological polar surface area (TPSA) is 24.5 Å². The minimum atomic E-state index is 0.781. The van der Waals surface area contributed by atoms with Gasteiger partial charge in [0.15, 0.2) is 0 Å². The number of rotatable bonds is 4. The van der Waals surface area contributed by atoms with Gasteiger partial charge in [-0.2, -0.15) is 0 Å². The SMILES string of the molecule is Cc1cc(OCC2CCCC2)ccc1N1CCNCC1. The van der Waals surface area contributed by atoms with E-state index in [9.17, 15) is 0 Å². The van der Waals surface area contributed by atoms with Gasteiger partial charge in [-0.05, 0) is 49.4 Å². The number of nitrogens with zero attached hydrogens (tertiary/aromatic N) is 1. The average Bonchev–Trinajstić information content (AvgIpc) is 2.99. The zero-order valence-electron chi connectivity index (χ0n) is 12.5. The molecule has 1 heterocycles. The molecule has 1 saturated heterocycles. The van der Waals surface area contributed by atoms with Crippen LogP contribution < -0.4 is 15.0 Å². The van der Waals surface area contributed by atoms with Gasteiger partial charge >= 0.3 is 0 Å². The van der Waals surface area contributed by atoms with E-state index in [0.717, 1.165) is 44.5 Å². The second-order valence-electron chi connectivity index (χ2n) is 6.15. The first kappa shape index (κ1) is 13.7. The van der Waals surface area contributed by atoms with Crippen LogP contribution in [0.2, 0.25) is 0 Å². The Morgan fingerprint density at radius 2 is 1.95 bits per heavy atom. The Labute approximate surface area is 122 Å². The van der Waals surface area contributed by atoms with E-state index >= 15 is 0 Å². The third-order valence-corrected chi connectivity index (χ3v) is 4.59. The van der Waals surface area contributed by atoms with Gasteiger partial charge in [0, 0.05) is 31.9 Å². The maximum Gasteiger partial charge on any atom is 0.119 e. The van der Waals surface area contributed by atoms with Gasteiger partial charge in [-0.1, -0.05) is 12.8 Å². The standard InChI is InChI=1S/C17H26N2O/c1-14-12-16(20-13-15-4-2-3-5-15)6-7-17(14)19-10-8-18-9-11-19/h6-7,12,15,18H,2-5,8-11,13H2,1H3. The smallest absolute Gasteiger partial charge is 0.119 e. The fraction of sp³-hybridized carbons (Fsp3) is 0.647. The summed E-state index contributed by atoms with van der Waals surface area (Å²) in [5.74, 6) is 1.82. The van der Waals surface area contributed by atoms with Gasteiger partial charge in [0.25, 0.3) is 0 Å². The van der Waals surface area contributed by atoms with Crippen LogP contribution in [-0.4, -0.2) is 32.8 Å². The molecule has 2 fully saturated rings. The molecule has 3 rings (SSSR count). The molecule has 1 aromatic rings. The zero-order chi connectivity index (χ0) is 13.8. The molecule has 2 aliphatic rings. The summed E-state index contributed by atoms with van der Waals surface area (Å²) >= 11 is 0. The molecule has 1 aliphatic heterocycles. The summed E-state index contributed by atoms with van der Waals surface area (Å²) in [5.41, 5.74) is 2.69. The summed E-state index contributed by atoms with van der Waals surface area (Å²) in [5, 5.41) is 3.40. The van der Waals surface area contributed by atoms with Crippen molar-refractivity contribution in [1.29, 1.82) is 0 Å². The van der Waals surface area contributed by atoms with Crippen LogP contribution in [-0.2, 0) is 0 Å². The highest BCUT2D eigenvalue weighted by atomic mass is 16.5. The number of ether oxygens (including phenoxy) is 1. The van der Waals surface area contributed by atoms with Crippen LogP contribution >= 0.6 is 0 Å². The first-order chi connectivity index (χ1) is 9.83. The van der Waals surface area contributed by atoms with Crippen molar-refractivity contribution < 1.29 is 4.74 Å². The second kappa shape index (κ2) is 6.49. The van der Waals surface area contributed by atoms with E-state index in [1.165, 1.54) is 36.9 Å². The average molecular weight is 274 g/mol. The van der Waals surface area contributed by atoms with E-state index in [4.69, 9.17) is 4.74 Å². The molecule has 20 heavy (non-hydrogen) atoms. The Hall–Kier alpha value is -1.22. The summed E-state index contributed by atoms with van der Waals surface area (Å²) in [4.78, 5) is 2.46. The normalized spacial score (nSPS) is 20.4. The molecule has 1 N–H and O–H groups in total. The predicted molar refractivity (Wildman–Crippen MR) is 83.7 cm³/mol. The molecule has 0 atom stereocenters. The lowest BCUT2D eigenvalue weighted by molar-refractivity contribution is 0.252. The molecule has 0 spiro atoms. The number of aryl methyl sites for hydroxylation is 1. The second-order valence-corrected chi connectivity index (χ2v) is 6.15. The Morgan fingerprint density at radius 3 is 2.65 bits per heavy atom. The number of anilines is 1. The van der Waals surface area contributed by atoms with Crippen molar-refractivity contribution in [3.8, 4) is 5.75 Å². The van der Waals surface area contributed by atoms with Crippen molar-refractivity contribution in [2.45, 2.75) is 32.6 Å². The van der Waals surface area contributed by atoms with Gasteiger partial charge < -0.3 is 15.0 Å². The highest BCUT2D eigenvalue weighted by Crippen LogP contribution is 2.28. The van der Waals surface area contributed by atoms with Crippen molar-refractivity contribution in [2.75, 3.05) is 37.7 Å². The van der Waals surface area contributed by atoms with Crippen LogP contribution in [0, 0.1) is 12.8 Å². The fourth-order valence-electron chi connectivity index (χ4n) is 3.37. The van der Waals surface area contributed by atoms with Gasteiger partial charge in [-0.3, -0.25) is 0 Å². The fourth-order valence-corrected chi connectivity index (χ4v) is 3.37. The lowest BCUT2D eigenvalue weighted by atomic mass is 10.1. The van der Waals surface area contributed by atoms with Gasteiger partial charge in [-0.15, -0.1) is 0 Å². The van der Waals surface area contributed by atoms with Crippen LogP contribution in [0.1, 0.15) is 31.2 Å². The number of hydrogen-bond donors (Lipinski definition) is 1. The molecule has 0 amide bonds. The van der Waals surface area contributed by atoms with Gasteiger partial charge in [0.1, 0.15) is 5.75 Å². The Bertz CT molecular complexity index is 435. The van der Waals surface area contributed by atoms with Gasteiger partial charge in [0.2, 0.25) is 0 Å². The van der Waals surface area contributed by atoms with E-state index < -0.39 is 0 Å².